The third-order valence-electron chi connectivity index (χ3n) is 3.25. The van der Waals surface area contributed by atoms with Crippen molar-refractivity contribution in [3.05, 3.63) is 35.4 Å². The highest BCUT2D eigenvalue weighted by molar-refractivity contribution is 5.84. The number of carbonyl (C=O) groups excluding carboxylic acids is 1. The molecule has 0 aromatic heterocycles. The van der Waals surface area contributed by atoms with Crippen molar-refractivity contribution in [2.75, 3.05) is 0 Å². The minimum atomic E-state index is -2.78. The van der Waals surface area contributed by atoms with E-state index in [4.69, 9.17) is 5.11 Å². The van der Waals surface area contributed by atoms with Crippen LogP contribution in [-0.2, 0) is 22.4 Å². The smallest absolute Gasteiger partial charge is 0.326 e. The first-order valence-electron chi connectivity index (χ1n) is 7.30. The summed E-state index contributed by atoms with van der Waals surface area (Å²) in [5.41, 5.74) is 1.89. The zero-order chi connectivity index (χ0) is 16.5. The van der Waals surface area contributed by atoms with Crippen LogP contribution in [0.3, 0.4) is 0 Å². The van der Waals surface area contributed by atoms with Gasteiger partial charge in [0.2, 0.25) is 12.3 Å². The third-order valence-corrected chi connectivity index (χ3v) is 3.25. The molecule has 0 fully saturated rings. The van der Waals surface area contributed by atoms with Gasteiger partial charge in [0.05, 0.1) is 6.42 Å². The number of amides is 1. The first-order valence-corrected chi connectivity index (χ1v) is 7.30. The highest BCUT2D eigenvalue weighted by atomic mass is 19.3. The van der Waals surface area contributed by atoms with E-state index in [1.807, 2.05) is 12.1 Å². The monoisotopic (exact) mass is 313 g/mol. The second-order valence-electron chi connectivity index (χ2n) is 5.18. The van der Waals surface area contributed by atoms with E-state index in [1.165, 1.54) is 5.56 Å². The molecule has 22 heavy (non-hydrogen) atoms. The lowest BCUT2D eigenvalue weighted by Crippen LogP contribution is -2.42. The van der Waals surface area contributed by atoms with Crippen molar-refractivity contribution >= 4 is 11.9 Å². The largest absolute Gasteiger partial charge is 0.480 e. The quantitative estimate of drug-likeness (QED) is 0.737. The van der Waals surface area contributed by atoms with Gasteiger partial charge in [-0.05, 0) is 24.0 Å². The summed E-state index contributed by atoms with van der Waals surface area (Å²) >= 11 is 0. The summed E-state index contributed by atoms with van der Waals surface area (Å²) in [6.45, 7) is 2.11. The van der Waals surface area contributed by atoms with Gasteiger partial charge in [0.1, 0.15) is 6.04 Å². The predicted octanol–water partition coefficient (Wildman–Crippen LogP) is 2.80. The number of halogens is 2. The Bertz CT molecular complexity index is 489. The SMILES string of the molecule is CCCCc1ccc(CC(=O)NC(CC(F)F)C(=O)O)cc1. The lowest BCUT2D eigenvalue weighted by atomic mass is 10.0. The van der Waals surface area contributed by atoms with Gasteiger partial charge in [0.25, 0.3) is 0 Å². The van der Waals surface area contributed by atoms with Crippen molar-refractivity contribution in [2.45, 2.75) is 51.5 Å². The van der Waals surface area contributed by atoms with E-state index in [1.54, 1.807) is 12.1 Å². The Morgan fingerprint density at radius 2 is 1.77 bits per heavy atom. The van der Waals surface area contributed by atoms with E-state index in [0.29, 0.717) is 0 Å². The maximum atomic E-state index is 12.3. The number of hydrogen-bond donors (Lipinski definition) is 2. The van der Waals surface area contributed by atoms with Crippen LogP contribution in [0.5, 0.6) is 0 Å². The molecule has 1 aromatic carbocycles. The van der Waals surface area contributed by atoms with Crippen LogP contribution in [0.1, 0.15) is 37.3 Å². The average molecular weight is 313 g/mol. The molecule has 0 spiro atoms. The van der Waals surface area contributed by atoms with Crippen LogP contribution in [0.25, 0.3) is 0 Å². The van der Waals surface area contributed by atoms with Crippen LogP contribution in [0.4, 0.5) is 8.78 Å². The number of hydrogen-bond acceptors (Lipinski definition) is 2. The standard InChI is InChI=1S/C16H21F2NO3/c1-2-3-4-11-5-7-12(8-6-11)9-15(20)19-13(16(21)22)10-14(17)18/h5-8,13-14H,2-4,9-10H2,1H3,(H,19,20)(H,21,22). The summed E-state index contributed by atoms with van der Waals surface area (Å²) in [7, 11) is 0. The molecule has 1 atom stereocenters. The van der Waals surface area contributed by atoms with Crippen LogP contribution in [0.2, 0.25) is 0 Å². The Balaban J connectivity index is 2.54. The fraction of sp³-hybridized carbons (Fsp3) is 0.500. The zero-order valence-corrected chi connectivity index (χ0v) is 12.5. The fourth-order valence-electron chi connectivity index (χ4n) is 2.04. The molecule has 1 unspecified atom stereocenters. The van der Waals surface area contributed by atoms with Crippen molar-refractivity contribution in [2.24, 2.45) is 0 Å². The summed E-state index contributed by atoms with van der Waals surface area (Å²) in [5, 5.41) is 10.9. The van der Waals surface area contributed by atoms with Gasteiger partial charge in [-0.2, -0.15) is 0 Å². The van der Waals surface area contributed by atoms with E-state index < -0.39 is 30.8 Å². The van der Waals surface area contributed by atoms with E-state index in [0.717, 1.165) is 24.8 Å². The van der Waals surface area contributed by atoms with Crippen LogP contribution in [-0.4, -0.2) is 29.5 Å². The number of aliphatic carboxylic acids is 1. The zero-order valence-electron chi connectivity index (χ0n) is 12.5. The summed E-state index contributed by atoms with van der Waals surface area (Å²) < 4.78 is 24.5. The molecule has 1 rings (SSSR count). The molecule has 0 aliphatic heterocycles. The number of nitrogens with one attached hydrogen (secondary N) is 1. The Morgan fingerprint density at radius 3 is 2.27 bits per heavy atom. The van der Waals surface area contributed by atoms with Crippen LogP contribution < -0.4 is 5.32 Å². The van der Waals surface area contributed by atoms with Gasteiger partial charge in [0.15, 0.2) is 0 Å². The van der Waals surface area contributed by atoms with Crippen LogP contribution in [0, 0.1) is 0 Å². The van der Waals surface area contributed by atoms with Crippen molar-refractivity contribution in [1.29, 1.82) is 0 Å². The van der Waals surface area contributed by atoms with Crippen molar-refractivity contribution in [3.8, 4) is 0 Å². The molecule has 122 valence electrons. The Hall–Kier alpha value is -1.98. The molecule has 0 heterocycles. The highest BCUT2D eigenvalue weighted by Gasteiger charge is 2.23. The summed E-state index contributed by atoms with van der Waals surface area (Å²) in [4.78, 5) is 22.6. The van der Waals surface area contributed by atoms with E-state index >= 15 is 0 Å². The number of carboxylic acid groups (broad SMARTS) is 1. The number of rotatable bonds is 9. The normalized spacial score (nSPS) is 12.2. The molecule has 0 aliphatic carbocycles. The molecule has 1 aromatic rings. The molecule has 0 bridgehead atoms. The van der Waals surface area contributed by atoms with Gasteiger partial charge in [0, 0.05) is 6.42 Å². The van der Waals surface area contributed by atoms with Gasteiger partial charge in [-0.15, -0.1) is 0 Å². The molecule has 0 saturated carbocycles. The molecule has 0 radical (unpaired) electrons. The molecular weight excluding hydrogens is 292 g/mol. The first kappa shape index (κ1) is 18.1. The number of carboxylic acids is 1. The molecule has 6 heteroatoms. The third kappa shape index (κ3) is 6.65. The minimum absolute atomic E-state index is 0.0267. The van der Waals surface area contributed by atoms with Crippen molar-refractivity contribution in [3.63, 3.8) is 0 Å². The number of carbonyl (C=O) groups is 2. The lowest BCUT2D eigenvalue weighted by molar-refractivity contribution is -0.142. The Morgan fingerprint density at radius 1 is 1.18 bits per heavy atom. The van der Waals surface area contributed by atoms with Gasteiger partial charge >= 0.3 is 5.97 Å². The second-order valence-corrected chi connectivity index (χ2v) is 5.18. The average Bonchev–Trinajstić information content (AvgIpc) is 2.45. The van der Waals surface area contributed by atoms with Gasteiger partial charge in [-0.25, -0.2) is 13.6 Å². The van der Waals surface area contributed by atoms with E-state index in [9.17, 15) is 18.4 Å². The molecule has 4 nitrogen and oxygen atoms in total. The van der Waals surface area contributed by atoms with Crippen molar-refractivity contribution in [1.82, 2.24) is 5.32 Å². The number of alkyl halides is 2. The van der Waals surface area contributed by atoms with Crippen LogP contribution >= 0.6 is 0 Å². The van der Waals surface area contributed by atoms with Crippen molar-refractivity contribution < 1.29 is 23.5 Å². The molecule has 0 aliphatic rings. The van der Waals surface area contributed by atoms with Gasteiger partial charge < -0.3 is 10.4 Å². The predicted molar refractivity (Wildman–Crippen MR) is 78.9 cm³/mol. The molecule has 2 N–H and O–H groups in total. The summed E-state index contributed by atoms with van der Waals surface area (Å²) in [6, 6.07) is 5.88. The van der Waals surface area contributed by atoms with Gasteiger partial charge in [-0.3, -0.25) is 4.79 Å². The maximum absolute atomic E-state index is 12.3. The van der Waals surface area contributed by atoms with Gasteiger partial charge in [-0.1, -0.05) is 37.6 Å². The molecule has 0 saturated heterocycles. The van der Waals surface area contributed by atoms with E-state index in [2.05, 4.69) is 12.2 Å². The molecule has 1 amide bonds. The number of benzene rings is 1. The summed E-state index contributed by atoms with van der Waals surface area (Å²) in [6.07, 6.45) is -0.533. The second kappa shape index (κ2) is 9.12. The lowest BCUT2D eigenvalue weighted by Gasteiger charge is -2.14. The Labute approximate surface area is 128 Å². The van der Waals surface area contributed by atoms with E-state index in [-0.39, 0.29) is 6.42 Å². The fourth-order valence-corrected chi connectivity index (χ4v) is 2.04. The minimum Gasteiger partial charge on any atom is -0.480 e. The number of unbranched alkanes of at least 4 members (excludes halogenated alkanes) is 1. The highest BCUT2D eigenvalue weighted by Crippen LogP contribution is 2.09. The Kier molecular flexibility index (Phi) is 7.49. The first-order chi connectivity index (χ1) is 10.4. The summed E-state index contributed by atoms with van der Waals surface area (Å²) in [5.74, 6) is -2.03. The maximum Gasteiger partial charge on any atom is 0.326 e. The molecular formula is C16H21F2NO3. The topological polar surface area (TPSA) is 66.4 Å². The van der Waals surface area contributed by atoms with Crippen LogP contribution in [0.15, 0.2) is 24.3 Å². The number of aryl methyl sites for hydroxylation is 1.